The van der Waals surface area contributed by atoms with Crippen LogP contribution in [0.3, 0.4) is 0 Å². The quantitative estimate of drug-likeness (QED) is 0.914. The Labute approximate surface area is 142 Å². The highest BCUT2D eigenvalue weighted by Crippen LogP contribution is 2.29. The van der Waals surface area contributed by atoms with Crippen molar-refractivity contribution in [2.24, 2.45) is 0 Å². The number of nitrogens with zero attached hydrogens (tertiary/aromatic N) is 3. The number of rotatable bonds is 4. The number of alkyl halides is 3. The Morgan fingerprint density at radius 2 is 2.08 bits per heavy atom. The van der Waals surface area contributed by atoms with Crippen molar-refractivity contribution in [1.29, 1.82) is 0 Å². The minimum atomic E-state index is -4.68. The Bertz CT molecular complexity index is 743. The van der Waals surface area contributed by atoms with Gasteiger partial charge in [0.1, 0.15) is 0 Å². The first-order valence-corrected chi connectivity index (χ1v) is 7.87. The topological polar surface area (TPSA) is 71.3 Å². The number of hydrogen-bond acceptors (Lipinski definition) is 5. The summed E-state index contributed by atoms with van der Waals surface area (Å²) in [6, 6.07) is 6.32. The van der Waals surface area contributed by atoms with Crippen LogP contribution in [0.2, 0.25) is 0 Å². The Balaban J connectivity index is 1.76. The average Bonchev–Trinajstić information content (AvgIpc) is 3.24. The van der Waals surface area contributed by atoms with Crippen LogP contribution >= 0.6 is 0 Å². The lowest BCUT2D eigenvalue weighted by Gasteiger charge is -2.24. The van der Waals surface area contributed by atoms with Crippen LogP contribution in [0.1, 0.15) is 29.1 Å². The van der Waals surface area contributed by atoms with Crippen molar-refractivity contribution in [1.82, 2.24) is 20.4 Å². The van der Waals surface area contributed by atoms with E-state index in [9.17, 15) is 18.0 Å². The highest BCUT2D eigenvalue weighted by molar-refractivity contribution is 5.95. The maximum Gasteiger partial charge on any atom is 0.471 e. The number of nitrogens with one attached hydrogen (secondary N) is 1. The van der Waals surface area contributed by atoms with Gasteiger partial charge in [-0.1, -0.05) is 17.3 Å². The fourth-order valence-electron chi connectivity index (χ4n) is 2.93. The Hall–Kier alpha value is -2.42. The molecule has 9 heteroatoms. The maximum atomic E-state index is 12.6. The van der Waals surface area contributed by atoms with Gasteiger partial charge < -0.3 is 14.7 Å². The number of carbonyl (C=O) groups excluding carboxylic acids is 1. The Morgan fingerprint density at radius 1 is 1.36 bits per heavy atom. The second-order valence-electron chi connectivity index (χ2n) is 5.85. The number of aromatic nitrogens is 2. The van der Waals surface area contributed by atoms with Crippen LogP contribution in [-0.4, -0.2) is 47.1 Å². The van der Waals surface area contributed by atoms with Crippen LogP contribution in [0.5, 0.6) is 0 Å². The number of amides is 1. The molecule has 2 heterocycles. The molecule has 2 aromatic rings. The molecule has 1 aromatic heterocycles. The molecular weight excluding hydrogens is 337 g/mol. The van der Waals surface area contributed by atoms with Crippen molar-refractivity contribution >= 4 is 5.91 Å². The van der Waals surface area contributed by atoms with Crippen LogP contribution in [0, 0.1) is 0 Å². The van der Waals surface area contributed by atoms with Gasteiger partial charge in [0.2, 0.25) is 5.82 Å². The van der Waals surface area contributed by atoms with Gasteiger partial charge in [-0.2, -0.15) is 18.2 Å². The van der Waals surface area contributed by atoms with Gasteiger partial charge in [0.15, 0.2) is 0 Å². The lowest BCUT2D eigenvalue weighted by atomic mass is 10.1. The van der Waals surface area contributed by atoms with E-state index in [4.69, 9.17) is 0 Å². The van der Waals surface area contributed by atoms with E-state index in [2.05, 4.69) is 20.0 Å². The number of carbonyl (C=O) groups is 1. The maximum absolute atomic E-state index is 12.6. The second kappa shape index (κ2) is 6.83. The number of benzene rings is 1. The van der Waals surface area contributed by atoms with Crippen LogP contribution in [0.4, 0.5) is 13.2 Å². The molecule has 1 unspecified atom stereocenters. The smallest absolute Gasteiger partial charge is 0.334 e. The van der Waals surface area contributed by atoms with Crippen molar-refractivity contribution in [2.75, 3.05) is 20.1 Å². The van der Waals surface area contributed by atoms with Gasteiger partial charge in [-0.3, -0.25) is 4.79 Å². The highest BCUT2D eigenvalue weighted by atomic mass is 19.4. The van der Waals surface area contributed by atoms with E-state index in [-0.39, 0.29) is 17.8 Å². The molecule has 1 fully saturated rings. The molecule has 0 saturated carbocycles. The molecule has 3 rings (SSSR count). The first-order chi connectivity index (χ1) is 11.9. The summed E-state index contributed by atoms with van der Waals surface area (Å²) in [7, 11) is 1.84. The van der Waals surface area contributed by atoms with E-state index in [1.807, 2.05) is 11.9 Å². The molecule has 1 saturated heterocycles. The van der Waals surface area contributed by atoms with E-state index in [1.54, 1.807) is 12.1 Å². The molecule has 1 aliphatic heterocycles. The Morgan fingerprint density at radius 3 is 2.68 bits per heavy atom. The van der Waals surface area contributed by atoms with Gasteiger partial charge in [0, 0.05) is 30.3 Å². The predicted molar refractivity (Wildman–Crippen MR) is 82.7 cm³/mol. The third-order valence-electron chi connectivity index (χ3n) is 4.14. The summed E-state index contributed by atoms with van der Waals surface area (Å²) >= 11 is 0. The molecule has 1 N–H and O–H groups in total. The zero-order valence-corrected chi connectivity index (χ0v) is 13.5. The van der Waals surface area contributed by atoms with Crippen molar-refractivity contribution in [3.8, 4) is 11.4 Å². The fraction of sp³-hybridized carbons (Fsp3) is 0.438. The average molecular weight is 354 g/mol. The summed E-state index contributed by atoms with van der Waals surface area (Å²) in [6.45, 7) is 1.43. The van der Waals surface area contributed by atoms with Crippen LogP contribution < -0.4 is 5.32 Å². The Kier molecular flexibility index (Phi) is 4.76. The lowest BCUT2D eigenvalue weighted by Crippen LogP contribution is -2.40. The summed E-state index contributed by atoms with van der Waals surface area (Å²) in [6.07, 6.45) is -2.77. The first kappa shape index (κ1) is 17.4. The highest BCUT2D eigenvalue weighted by Gasteiger charge is 2.38. The summed E-state index contributed by atoms with van der Waals surface area (Å²) < 4.78 is 41.7. The molecule has 134 valence electrons. The van der Waals surface area contributed by atoms with Crippen molar-refractivity contribution < 1.29 is 22.5 Å². The summed E-state index contributed by atoms with van der Waals surface area (Å²) in [4.78, 5) is 17.8. The number of halogens is 3. The molecule has 0 aliphatic carbocycles. The lowest BCUT2D eigenvalue weighted by molar-refractivity contribution is -0.159. The van der Waals surface area contributed by atoms with Crippen molar-refractivity contribution in [2.45, 2.75) is 25.1 Å². The van der Waals surface area contributed by atoms with Crippen molar-refractivity contribution in [3.05, 3.63) is 35.7 Å². The molecule has 1 atom stereocenters. The van der Waals surface area contributed by atoms with Gasteiger partial charge in [0.05, 0.1) is 0 Å². The second-order valence-corrected chi connectivity index (χ2v) is 5.85. The molecule has 0 radical (unpaired) electrons. The van der Waals surface area contributed by atoms with E-state index in [0.29, 0.717) is 17.7 Å². The zero-order valence-electron chi connectivity index (χ0n) is 13.5. The van der Waals surface area contributed by atoms with Gasteiger partial charge >= 0.3 is 12.1 Å². The van der Waals surface area contributed by atoms with E-state index < -0.39 is 12.1 Å². The number of hydrogen-bond donors (Lipinski definition) is 1. The summed E-state index contributed by atoms with van der Waals surface area (Å²) in [5, 5.41) is 6.41. The molecule has 1 aromatic carbocycles. The van der Waals surface area contributed by atoms with Gasteiger partial charge in [-0.25, -0.2) is 0 Å². The van der Waals surface area contributed by atoms with Crippen LogP contribution in [0.15, 0.2) is 28.8 Å². The standard InChI is InChI=1S/C16H17F3N4O2/c1-20-9-12-3-2-8-23(12)14(24)11-6-4-10(5-7-11)13-21-15(25-22-13)16(17,18)19/h4-7,12,20H,2-3,8-9H2,1H3. The molecule has 0 spiro atoms. The van der Waals surface area contributed by atoms with Crippen LogP contribution in [-0.2, 0) is 6.18 Å². The van der Waals surface area contributed by atoms with Gasteiger partial charge in [-0.15, -0.1) is 0 Å². The minimum Gasteiger partial charge on any atom is -0.334 e. The van der Waals surface area contributed by atoms with Gasteiger partial charge in [-0.05, 0) is 32.0 Å². The molecule has 25 heavy (non-hydrogen) atoms. The first-order valence-electron chi connectivity index (χ1n) is 7.87. The van der Waals surface area contributed by atoms with E-state index >= 15 is 0 Å². The molecule has 1 amide bonds. The van der Waals surface area contributed by atoms with Gasteiger partial charge in [0.25, 0.3) is 5.91 Å². The number of likely N-dealkylation sites (tertiary alicyclic amines) is 1. The van der Waals surface area contributed by atoms with E-state index in [1.165, 1.54) is 12.1 Å². The zero-order chi connectivity index (χ0) is 18.0. The third-order valence-corrected chi connectivity index (χ3v) is 4.14. The predicted octanol–water partition coefficient (Wildman–Crippen LogP) is 2.58. The fourth-order valence-corrected chi connectivity index (χ4v) is 2.93. The summed E-state index contributed by atoms with van der Waals surface area (Å²) in [5.41, 5.74) is 0.829. The minimum absolute atomic E-state index is 0.0895. The normalized spacial score (nSPS) is 17.9. The summed E-state index contributed by atoms with van der Waals surface area (Å²) in [5.74, 6) is -1.65. The SMILES string of the molecule is CNCC1CCCN1C(=O)c1ccc(-c2noc(C(F)(F)F)n2)cc1. The molecule has 0 bridgehead atoms. The number of likely N-dealkylation sites (N-methyl/N-ethyl adjacent to an activating group) is 1. The molecule has 6 nitrogen and oxygen atoms in total. The monoisotopic (exact) mass is 354 g/mol. The largest absolute Gasteiger partial charge is 0.471 e. The molecule has 1 aliphatic rings. The molecular formula is C16H17F3N4O2. The van der Waals surface area contributed by atoms with Crippen LogP contribution in [0.25, 0.3) is 11.4 Å². The van der Waals surface area contributed by atoms with E-state index in [0.717, 1.165) is 19.4 Å². The third kappa shape index (κ3) is 3.65. The van der Waals surface area contributed by atoms with Crippen molar-refractivity contribution in [3.63, 3.8) is 0 Å².